The van der Waals surface area contributed by atoms with Gasteiger partial charge in [-0.25, -0.2) is 0 Å². The molecule has 2 N–H and O–H groups in total. The highest BCUT2D eigenvalue weighted by molar-refractivity contribution is 5.85. The van der Waals surface area contributed by atoms with Crippen LogP contribution < -0.4 is 5.73 Å². The van der Waals surface area contributed by atoms with E-state index in [1.54, 1.807) is 0 Å². The number of hydrogen-bond donors (Lipinski definition) is 1. The van der Waals surface area contributed by atoms with Crippen molar-refractivity contribution in [1.29, 1.82) is 0 Å². The first-order valence-corrected chi connectivity index (χ1v) is 7.05. The Morgan fingerprint density at radius 2 is 1.79 bits per heavy atom. The van der Waals surface area contributed by atoms with Crippen molar-refractivity contribution in [3.05, 3.63) is 0 Å². The quantitative estimate of drug-likeness (QED) is 0.847. The lowest BCUT2D eigenvalue weighted by Crippen LogP contribution is -2.51. The summed E-state index contributed by atoms with van der Waals surface area (Å²) in [7, 11) is 0. The molecule has 2 saturated heterocycles. The van der Waals surface area contributed by atoms with E-state index in [1.807, 2.05) is 0 Å². The van der Waals surface area contributed by atoms with Crippen LogP contribution in [0.4, 0.5) is 0 Å². The van der Waals surface area contributed by atoms with Crippen LogP contribution in [-0.2, 0) is 4.74 Å². The molecule has 0 spiro atoms. The van der Waals surface area contributed by atoms with Crippen LogP contribution in [0.25, 0.3) is 0 Å². The van der Waals surface area contributed by atoms with Gasteiger partial charge < -0.3 is 10.5 Å². The van der Waals surface area contributed by atoms with Crippen LogP contribution in [0.2, 0.25) is 0 Å². The fourth-order valence-corrected chi connectivity index (χ4v) is 3.09. The second-order valence-corrected chi connectivity index (χ2v) is 5.41. The van der Waals surface area contributed by atoms with Gasteiger partial charge in [0.05, 0.1) is 13.2 Å². The molecule has 2 rings (SSSR count). The van der Waals surface area contributed by atoms with Crippen molar-refractivity contribution >= 4 is 24.8 Å². The summed E-state index contributed by atoms with van der Waals surface area (Å²) in [6.45, 7) is 10.7. The third-order valence-corrected chi connectivity index (χ3v) is 4.28. The third-order valence-electron chi connectivity index (χ3n) is 4.28. The monoisotopic (exact) mass is 313 g/mol. The van der Waals surface area contributed by atoms with Crippen molar-refractivity contribution < 1.29 is 4.74 Å². The van der Waals surface area contributed by atoms with E-state index in [1.165, 1.54) is 32.5 Å². The zero-order chi connectivity index (χ0) is 12.1. The molecule has 2 heterocycles. The van der Waals surface area contributed by atoms with Crippen molar-refractivity contribution in [2.24, 2.45) is 11.7 Å². The van der Waals surface area contributed by atoms with E-state index in [2.05, 4.69) is 16.7 Å². The van der Waals surface area contributed by atoms with Crippen molar-refractivity contribution in [2.75, 3.05) is 52.5 Å². The van der Waals surface area contributed by atoms with Gasteiger partial charge in [-0.3, -0.25) is 9.80 Å². The molecule has 0 bridgehead atoms. The first kappa shape index (κ1) is 19.4. The molecule has 6 heteroatoms. The number of halogens is 2. The number of hydrogen-bond acceptors (Lipinski definition) is 4. The van der Waals surface area contributed by atoms with Crippen LogP contribution >= 0.6 is 24.8 Å². The van der Waals surface area contributed by atoms with E-state index < -0.39 is 0 Å². The largest absolute Gasteiger partial charge is 0.379 e. The fourth-order valence-electron chi connectivity index (χ4n) is 3.09. The van der Waals surface area contributed by atoms with Crippen molar-refractivity contribution in [3.63, 3.8) is 0 Å². The minimum atomic E-state index is 0. The minimum Gasteiger partial charge on any atom is -0.379 e. The van der Waals surface area contributed by atoms with Gasteiger partial charge in [0.25, 0.3) is 0 Å². The summed E-state index contributed by atoms with van der Waals surface area (Å²) >= 11 is 0. The summed E-state index contributed by atoms with van der Waals surface area (Å²) in [6.07, 6.45) is 2.68. The zero-order valence-electron chi connectivity index (χ0n) is 11.9. The van der Waals surface area contributed by atoms with Crippen molar-refractivity contribution in [3.8, 4) is 0 Å². The van der Waals surface area contributed by atoms with E-state index in [0.29, 0.717) is 6.04 Å². The molecule has 0 saturated carbocycles. The van der Waals surface area contributed by atoms with E-state index in [9.17, 15) is 0 Å². The number of nitrogens with two attached hydrogens (primary N) is 1. The van der Waals surface area contributed by atoms with Crippen LogP contribution in [0.3, 0.4) is 0 Å². The molecule has 2 unspecified atom stereocenters. The predicted molar refractivity (Wildman–Crippen MR) is 84.6 cm³/mol. The van der Waals surface area contributed by atoms with Crippen LogP contribution in [-0.4, -0.2) is 68.3 Å². The zero-order valence-corrected chi connectivity index (χ0v) is 13.6. The standard InChI is InChI=1S/C13H27N3O.2ClH/c1-12-3-2-4-16(13(12)11-14)6-5-15-7-9-17-10-8-15;;/h12-13H,2-11,14H2,1H3;2*1H. The molecule has 2 aliphatic rings. The first-order chi connectivity index (χ1) is 8.31. The molecule has 2 aliphatic heterocycles. The van der Waals surface area contributed by atoms with Gasteiger partial charge in [0.15, 0.2) is 0 Å². The van der Waals surface area contributed by atoms with Gasteiger partial charge in [-0.2, -0.15) is 0 Å². The Hall–Kier alpha value is 0.420. The maximum Gasteiger partial charge on any atom is 0.0594 e. The van der Waals surface area contributed by atoms with Gasteiger partial charge in [-0.1, -0.05) is 6.92 Å². The number of morpholine rings is 1. The lowest BCUT2D eigenvalue weighted by Gasteiger charge is -2.40. The second-order valence-electron chi connectivity index (χ2n) is 5.41. The van der Waals surface area contributed by atoms with Gasteiger partial charge in [0.1, 0.15) is 0 Å². The highest BCUT2D eigenvalue weighted by Crippen LogP contribution is 2.22. The topological polar surface area (TPSA) is 41.7 Å². The van der Waals surface area contributed by atoms with Gasteiger partial charge in [-0.15, -0.1) is 24.8 Å². The molecule has 0 aromatic heterocycles. The summed E-state index contributed by atoms with van der Waals surface area (Å²) in [6, 6.07) is 0.602. The molecule has 4 nitrogen and oxygen atoms in total. The van der Waals surface area contributed by atoms with Crippen molar-refractivity contribution in [2.45, 2.75) is 25.8 Å². The van der Waals surface area contributed by atoms with E-state index in [-0.39, 0.29) is 24.8 Å². The fraction of sp³-hybridized carbons (Fsp3) is 1.00. The molecule has 0 aliphatic carbocycles. The van der Waals surface area contributed by atoms with Gasteiger partial charge in [-0.05, 0) is 25.3 Å². The Kier molecular flexibility index (Phi) is 10.4. The molecule has 0 aromatic rings. The average Bonchev–Trinajstić information content (AvgIpc) is 2.37. The number of rotatable bonds is 4. The molecule has 2 atom stereocenters. The maximum absolute atomic E-state index is 5.92. The Labute approximate surface area is 129 Å². The minimum absolute atomic E-state index is 0. The summed E-state index contributed by atoms with van der Waals surface area (Å²) in [5.41, 5.74) is 5.92. The molecular formula is C13H29Cl2N3O. The second kappa shape index (κ2) is 10.2. The first-order valence-electron chi connectivity index (χ1n) is 7.05. The Balaban J connectivity index is 0.00000162. The molecule has 2 fully saturated rings. The average molecular weight is 314 g/mol. The molecule has 116 valence electrons. The highest BCUT2D eigenvalue weighted by Gasteiger charge is 2.27. The smallest absolute Gasteiger partial charge is 0.0594 e. The van der Waals surface area contributed by atoms with Crippen LogP contribution in [0.1, 0.15) is 19.8 Å². The summed E-state index contributed by atoms with van der Waals surface area (Å²) in [4.78, 5) is 5.11. The maximum atomic E-state index is 5.92. The number of ether oxygens (including phenoxy) is 1. The Morgan fingerprint density at radius 1 is 1.11 bits per heavy atom. The lowest BCUT2D eigenvalue weighted by atomic mass is 9.91. The van der Waals surface area contributed by atoms with Crippen LogP contribution in [0.5, 0.6) is 0 Å². The molecule has 0 aromatic carbocycles. The van der Waals surface area contributed by atoms with Gasteiger partial charge in [0.2, 0.25) is 0 Å². The summed E-state index contributed by atoms with van der Waals surface area (Å²) in [5, 5.41) is 0. The van der Waals surface area contributed by atoms with Crippen LogP contribution in [0, 0.1) is 5.92 Å². The van der Waals surface area contributed by atoms with Crippen molar-refractivity contribution in [1.82, 2.24) is 9.80 Å². The molecule has 0 amide bonds. The number of likely N-dealkylation sites (tertiary alicyclic amines) is 1. The third kappa shape index (κ3) is 5.74. The summed E-state index contributed by atoms with van der Waals surface area (Å²) < 4.78 is 5.38. The normalized spacial score (nSPS) is 29.4. The van der Waals surface area contributed by atoms with E-state index in [0.717, 1.165) is 38.8 Å². The van der Waals surface area contributed by atoms with E-state index >= 15 is 0 Å². The van der Waals surface area contributed by atoms with Gasteiger partial charge in [0, 0.05) is 38.8 Å². The predicted octanol–water partition coefficient (Wildman–Crippen LogP) is 1.22. The van der Waals surface area contributed by atoms with Gasteiger partial charge >= 0.3 is 0 Å². The molecular weight excluding hydrogens is 285 g/mol. The SMILES string of the molecule is CC1CCCN(CCN2CCOCC2)C1CN.Cl.Cl. The summed E-state index contributed by atoms with van der Waals surface area (Å²) in [5.74, 6) is 0.762. The molecule has 0 radical (unpaired) electrons. The van der Waals surface area contributed by atoms with E-state index in [4.69, 9.17) is 10.5 Å². The number of nitrogens with zero attached hydrogens (tertiary/aromatic N) is 2. The van der Waals surface area contributed by atoms with Crippen LogP contribution in [0.15, 0.2) is 0 Å². The Bertz CT molecular complexity index is 228. The molecule has 19 heavy (non-hydrogen) atoms. The lowest BCUT2D eigenvalue weighted by molar-refractivity contribution is 0.0248. The number of piperidine rings is 1. The Morgan fingerprint density at radius 3 is 2.42 bits per heavy atom. The highest BCUT2D eigenvalue weighted by atomic mass is 35.5.